The van der Waals surface area contributed by atoms with E-state index in [9.17, 15) is 0 Å². The first-order chi connectivity index (χ1) is 7.29. The molecule has 78 valence electrons. The van der Waals surface area contributed by atoms with Crippen LogP contribution in [0.4, 0.5) is 0 Å². The Hall–Kier alpha value is -1.22. The van der Waals surface area contributed by atoms with E-state index < -0.39 is 0 Å². The SMILES string of the molecule is CSCc1ccc(-c2cnn(C)c2)cc1. The van der Waals surface area contributed by atoms with Gasteiger partial charge in [-0.2, -0.15) is 16.9 Å². The van der Waals surface area contributed by atoms with Crippen molar-refractivity contribution in [2.75, 3.05) is 6.26 Å². The minimum Gasteiger partial charge on any atom is -0.275 e. The van der Waals surface area contributed by atoms with E-state index in [0.717, 1.165) is 5.75 Å². The molecule has 0 unspecified atom stereocenters. The average molecular weight is 218 g/mol. The van der Waals surface area contributed by atoms with Crippen LogP contribution in [0.15, 0.2) is 36.7 Å². The monoisotopic (exact) mass is 218 g/mol. The van der Waals surface area contributed by atoms with E-state index in [1.54, 1.807) is 0 Å². The van der Waals surface area contributed by atoms with Crippen molar-refractivity contribution in [2.45, 2.75) is 5.75 Å². The highest BCUT2D eigenvalue weighted by Crippen LogP contribution is 2.19. The van der Waals surface area contributed by atoms with E-state index in [0.29, 0.717) is 0 Å². The number of hydrogen-bond donors (Lipinski definition) is 0. The molecule has 0 bridgehead atoms. The molecule has 3 heteroatoms. The Morgan fingerprint density at radius 2 is 1.93 bits per heavy atom. The number of benzene rings is 1. The third-order valence-corrected chi connectivity index (χ3v) is 2.93. The molecule has 15 heavy (non-hydrogen) atoms. The van der Waals surface area contributed by atoms with E-state index in [1.807, 2.05) is 35.9 Å². The summed E-state index contributed by atoms with van der Waals surface area (Å²) in [5, 5.41) is 4.16. The summed E-state index contributed by atoms with van der Waals surface area (Å²) in [6.07, 6.45) is 6.04. The van der Waals surface area contributed by atoms with Crippen LogP contribution in [0, 0.1) is 0 Å². The predicted octanol–water partition coefficient (Wildman–Crippen LogP) is 2.95. The lowest BCUT2D eigenvalue weighted by molar-refractivity contribution is 0.768. The molecule has 0 atom stereocenters. The number of hydrogen-bond acceptors (Lipinski definition) is 2. The highest BCUT2D eigenvalue weighted by molar-refractivity contribution is 7.97. The van der Waals surface area contributed by atoms with Gasteiger partial charge in [0.05, 0.1) is 6.20 Å². The van der Waals surface area contributed by atoms with Gasteiger partial charge < -0.3 is 0 Å². The summed E-state index contributed by atoms with van der Waals surface area (Å²) in [5.74, 6) is 1.08. The van der Waals surface area contributed by atoms with Gasteiger partial charge in [-0.3, -0.25) is 4.68 Å². The molecule has 1 aromatic heterocycles. The molecule has 0 fully saturated rings. The summed E-state index contributed by atoms with van der Waals surface area (Å²) in [6, 6.07) is 8.67. The maximum absolute atomic E-state index is 4.16. The molecule has 0 saturated heterocycles. The van der Waals surface area contributed by atoms with Gasteiger partial charge in [0.2, 0.25) is 0 Å². The van der Waals surface area contributed by atoms with Crippen LogP contribution in [-0.4, -0.2) is 16.0 Å². The Bertz CT molecular complexity index is 431. The summed E-state index contributed by atoms with van der Waals surface area (Å²) in [4.78, 5) is 0. The summed E-state index contributed by atoms with van der Waals surface area (Å²) in [7, 11) is 1.94. The summed E-state index contributed by atoms with van der Waals surface area (Å²) in [6.45, 7) is 0. The molecule has 0 aliphatic carbocycles. The normalized spacial score (nSPS) is 10.5. The Balaban J connectivity index is 2.23. The zero-order chi connectivity index (χ0) is 10.7. The fourth-order valence-corrected chi connectivity index (χ4v) is 2.06. The first-order valence-electron chi connectivity index (χ1n) is 4.86. The smallest absolute Gasteiger partial charge is 0.0568 e. The molecule has 0 radical (unpaired) electrons. The van der Waals surface area contributed by atoms with Gasteiger partial charge in [-0.25, -0.2) is 0 Å². The minimum absolute atomic E-state index is 1.08. The first kappa shape index (κ1) is 10.3. The fraction of sp³-hybridized carbons (Fsp3) is 0.250. The zero-order valence-corrected chi connectivity index (χ0v) is 9.79. The van der Waals surface area contributed by atoms with Crippen molar-refractivity contribution in [1.29, 1.82) is 0 Å². The van der Waals surface area contributed by atoms with Crippen LogP contribution in [-0.2, 0) is 12.8 Å². The van der Waals surface area contributed by atoms with Crippen molar-refractivity contribution >= 4 is 11.8 Å². The van der Waals surface area contributed by atoms with Crippen molar-refractivity contribution in [3.8, 4) is 11.1 Å². The van der Waals surface area contributed by atoms with Gasteiger partial charge >= 0.3 is 0 Å². The molecule has 0 N–H and O–H groups in total. The number of aromatic nitrogens is 2. The largest absolute Gasteiger partial charge is 0.275 e. The third-order valence-electron chi connectivity index (χ3n) is 2.30. The summed E-state index contributed by atoms with van der Waals surface area (Å²) in [5.41, 5.74) is 3.77. The standard InChI is InChI=1S/C12H14N2S/c1-14-8-12(7-13-14)11-5-3-10(4-6-11)9-15-2/h3-8H,9H2,1-2H3. The summed E-state index contributed by atoms with van der Waals surface area (Å²) < 4.78 is 1.82. The molecule has 2 aromatic rings. The molecule has 1 heterocycles. The Morgan fingerprint density at radius 3 is 2.47 bits per heavy atom. The van der Waals surface area contributed by atoms with Gasteiger partial charge in [0, 0.05) is 24.6 Å². The molecule has 2 nitrogen and oxygen atoms in total. The first-order valence-corrected chi connectivity index (χ1v) is 6.26. The quantitative estimate of drug-likeness (QED) is 0.788. The van der Waals surface area contributed by atoms with Crippen LogP contribution in [0.5, 0.6) is 0 Å². The Kier molecular flexibility index (Phi) is 3.11. The third kappa shape index (κ3) is 2.42. The number of thioether (sulfide) groups is 1. The maximum Gasteiger partial charge on any atom is 0.0568 e. The van der Waals surface area contributed by atoms with Gasteiger partial charge in [-0.05, 0) is 17.4 Å². The summed E-state index contributed by atoms with van der Waals surface area (Å²) >= 11 is 1.84. The second-order valence-corrected chi connectivity index (χ2v) is 4.40. The van der Waals surface area contributed by atoms with Crippen LogP contribution in [0.2, 0.25) is 0 Å². The number of aryl methyl sites for hydroxylation is 1. The Labute approximate surface area is 94.3 Å². The number of nitrogens with zero attached hydrogens (tertiary/aromatic N) is 2. The highest BCUT2D eigenvalue weighted by atomic mass is 32.2. The molecular formula is C12H14N2S. The molecule has 2 rings (SSSR count). The van der Waals surface area contributed by atoms with Crippen LogP contribution in [0.25, 0.3) is 11.1 Å². The van der Waals surface area contributed by atoms with Crippen LogP contribution in [0.3, 0.4) is 0 Å². The van der Waals surface area contributed by atoms with Crippen molar-refractivity contribution in [1.82, 2.24) is 9.78 Å². The van der Waals surface area contributed by atoms with Gasteiger partial charge in [0.1, 0.15) is 0 Å². The van der Waals surface area contributed by atoms with Crippen molar-refractivity contribution in [3.63, 3.8) is 0 Å². The second kappa shape index (κ2) is 4.53. The molecule has 0 aliphatic rings. The van der Waals surface area contributed by atoms with E-state index in [-0.39, 0.29) is 0 Å². The predicted molar refractivity (Wildman–Crippen MR) is 65.9 cm³/mol. The van der Waals surface area contributed by atoms with Crippen LogP contribution >= 0.6 is 11.8 Å². The number of rotatable bonds is 3. The molecule has 0 saturated carbocycles. The van der Waals surface area contributed by atoms with Crippen molar-refractivity contribution < 1.29 is 0 Å². The lowest BCUT2D eigenvalue weighted by Crippen LogP contribution is -1.84. The molecule has 1 aromatic carbocycles. The topological polar surface area (TPSA) is 17.8 Å². The van der Waals surface area contributed by atoms with Gasteiger partial charge in [0.15, 0.2) is 0 Å². The van der Waals surface area contributed by atoms with Crippen molar-refractivity contribution in [2.24, 2.45) is 7.05 Å². The van der Waals surface area contributed by atoms with Gasteiger partial charge in [-0.15, -0.1) is 0 Å². The van der Waals surface area contributed by atoms with Gasteiger partial charge in [0.25, 0.3) is 0 Å². The fourth-order valence-electron chi connectivity index (χ4n) is 1.53. The van der Waals surface area contributed by atoms with Crippen LogP contribution < -0.4 is 0 Å². The van der Waals surface area contributed by atoms with Crippen molar-refractivity contribution in [3.05, 3.63) is 42.2 Å². The van der Waals surface area contributed by atoms with E-state index >= 15 is 0 Å². The minimum atomic E-state index is 1.08. The molecular weight excluding hydrogens is 204 g/mol. The molecule has 0 aliphatic heterocycles. The van der Waals surface area contributed by atoms with E-state index in [1.165, 1.54) is 16.7 Å². The maximum atomic E-state index is 4.16. The molecule has 0 spiro atoms. The van der Waals surface area contributed by atoms with E-state index in [4.69, 9.17) is 0 Å². The van der Waals surface area contributed by atoms with Gasteiger partial charge in [-0.1, -0.05) is 24.3 Å². The lowest BCUT2D eigenvalue weighted by atomic mass is 10.1. The molecule has 0 amide bonds. The Morgan fingerprint density at radius 1 is 1.20 bits per heavy atom. The zero-order valence-electron chi connectivity index (χ0n) is 8.97. The lowest BCUT2D eigenvalue weighted by Gasteiger charge is -2.00. The average Bonchev–Trinajstić information content (AvgIpc) is 2.67. The van der Waals surface area contributed by atoms with E-state index in [2.05, 4.69) is 35.6 Å². The second-order valence-electron chi connectivity index (χ2n) is 3.53. The van der Waals surface area contributed by atoms with Crippen LogP contribution in [0.1, 0.15) is 5.56 Å². The highest BCUT2D eigenvalue weighted by Gasteiger charge is 1.99.